The van der Waals surface area contributed by atoms with Gasteiger partial charge in [-0.05, 0) is 36.2 Å². The average molecular weight is 350 g/mol. The first-order valence-electron chi connectivity index (χ1n) is 7.07. The molecule has 0 bridgehead atoms. The maximum atomic E-state index is 12.0. The second-order valence-corrected chi connectivity index (χ2v) is 5.90. The second kappa shape index (κ2) is 7.99. The molecule has 2 N–H and O–H groups in total. The lowest BCUT2D eigenvalue weighted by Crippen LogP contribution is -2.42. The minimum absolute atomic E-state index is 0.0545. The highest BCUT2D eigenvalue weighted by Crippen LogP contribution is 2.22. The summed E-state index contributed by atoms with van der Waals surface area (Å²) >= 11 is 11.9. The maximum absolute atomic E-state index is 12.0. The molecule has 0 saturated carbocycles. The van der Waals surface area contributed by atoms with Gasteiger partial charge in [0.2, 0.25) is 0 Å². The third-order valence-corrected chi connectivity index (χ3v) is 4.11. The number of hydrogen-bond acceptors (Lipinski definition) is 2. The Kier molecular flexibility index (Phi) is 6.02. The maximum Gasteiger partial charge on any atom is 0.257 e. The van der Waals surface area contributed by atoms with Crippen LogP contribution >= 0.6 is 23.2 Å². The van der Waals surface area contributed by atoms with Crippen molar-refractivity contribution in [3.8, 4) is 0 Å². The second-order valence-electron chi connectivity index (χ2n) is 5.09. The fourth-order valence-electron chi connectivity index (χ4n) is 1.97. The van der Waals surface area contributed by atoms with Crippen molar-refractivity contribution in [2.24, 2.45) is 0 Å². The van der Waals surface area contributed by atoms with Gasteiger partial charge >= 0.3 is 0 Å². The number of benzene rings is 2. The van der Waals surface area contributed by atoms with E-state index in [0.29, 0.717) is 28.6 Å². The molecule has 0 fully saturated rings. The van der Waals surface area contributed by atoms with Gasteiger partial charge in [0, 0.05) is 19.2 Å². The van der Waals surface area contributed by atoms with Crippen LogP contribution in [0.5, 0.6) is 0 Å². The number of carbonyl (C=O) groups is 1. The van der Waals surface area contributed by atoms with Gasteiger partial charge in [0.1, 0.15) is 0 Å². The molecule has 4 nitrogen and oxygen atoms in total. The fourth-order valence-corrected chi connectivity index (χ4v) is 2.29. The van der Waals surface area contributed by atoms with Crippen molar-refractivity contribution in [1.82, 2.24) is 10.2 Å². The van der Waals surface area contributed by atoms with Crippen molar-refractivity contribution in [2.75, 3.05) is 13.6 Å². The zero-order valence-electron chi connectivity index (χ0n) is 12.6. The van der Waals surface area contributed by atoms with Gasteiger partial charge in [0.05, 0.1) is 10.0 Å². The molecule has 23 heavy (non-hydrogen) atoms. The Morgan fingerprint density at radius 3 is 2.48 bits per heavy atom. The zero-order chi connectivity index (χ0) is 16.8. The fraction of sp³-hybridized carbons (Fsp3) is 0.176. The summed E-state index contributed by atoms with van der Waals surface area (Å²) in [5, 5.41) is 11.6. The first-order chi connectivity index (χ1) is 11.0. The third-order valence-electron chi connectivity index (χ3n) is 3.37. The van der Waals surface area contributed by atoms with Crippen LogP contribution in [0.1, 0.15) is 15.9 Å². The highest BCUT2D eigenvalue weighted by atomic mass is 35.5. The van der Waals surface area contributed by atoms with E-state index in [1.807, 2.05) is 18.2 Å². The van der Waals surface area contributed by atoms with Crippen LogP contribution in [-0.4, -0.2) is 30.4 Å². The van der Waals surface area contributed by atoms with E-state index >= 15 is 0 Å². The predicted octanol–water partition coefficient (Wildman–Crippen LogP) is 3.83. The molecule has 0 heterocycles. The van der Waals surface area contributed by atoms with E-state index in [4.69, 9.17) is 28.6 Å². The van der Waals surface area contributed by atoms with Gasteiger partial charge in [-0.1, -0.05) is 47.5 Å². The lowest BCUT2D eigenvalue weighted by molar-refractivity contribution is 0.0972. The summed E-state index contributed by atoms with van der Waals surface area (Å²) in [5.74, 6) is -0.240. The Balaban J connectivity index is 1.87. The van der Waals surface area contributed by atoms with E-state index in [9.17, 15) is 4.79 Å². The Labute approximate surface area is 145 Å². The number of nitrogens with one attached hydrogen (secondary N) is 2. The van der Waals surface area contributed by atoms with Crippen LogP contribution in [0.2, 0.25) is 10.0 Å². The van der Waals surface area contributed by atoms with Gasteiger partial charge in [0.15, 0.2) is 5.96 Å². The summed E-state index contributed by atoms with van der Waals surface area (Å²) in [6.45, 7) is 0.575. The lowest BCUT2D eigenvalue weighted by atomic mass is 10.1. The van der Waals surface area contributed by atoms with Crippen molar-refractivity contribution in [3.63, 3.8) is 0 Å². The number of nitrogens with zero attached hydrogens (tertiary/aromatic N) is 1. The molecule has 1 amide bonds. The monoisotopic (exact) mass is 349 g/mol. The summed E-state index contributed by atoms with van der Waals surface area (Å²) in [5.41, 5.74) is 1.54. The van der Waals surface area contributed by atoms with Crippen molar-refractivity contribution >= 4 is 35.1 Å². The minimum atomic E-state index is -0.294. The number of hydrogen-bond donors (Lipinski definition) is 2. The van der Waals surface area contributed by atoms with Crippen molar-refractivity contribution in [1.29, 1.82) is 5.41 Å². The van der Waals surface area contributed by atoms with Crippen LogP contribution in [0.15, 0.2) is 48.5 Å². The van der Waals surface area contributed by atoms with Crippen molar-refractivity contribution < 1.29 is 4.79 Å². The van der Waals surface area contributed by atoms with E-state index in [1.54, 1.807) is 42.3 Å². The third kappa shape index (κ3) is 4.98. The van der Waals surface area contributed by atoms with E-state index in [2.05, 4.69) is 5.32 Å². The molecule has 2 aromatic rings. The van der Waals surface area contributed by atoms with E-state index < -0.39 is 0 Å². The zero-order valence-corrected chi connectivity index (χ0v) is 14.2. The molecule has 0 saturated heterocycles. The van der Waals surface area contributed by atoms with Gasteiger partial charge in [-0.2, -0.15) is 0 Å². The van der Waals surface area contributed by atoms with Gasteiger partial charge in [-0.15, -0.1) is 0 Å². The molecule has 0 aliphatic heterocycles. The van der Waals surface area contributed by atoms with Gasteiger partial charge in [0.25, 0.3) is 5.91 Å². The average Bonchev–Trinajstić information content (AvgIpc) is 2.56. The summed E-state index contributed by atoms with van der Waals surface area (Å²) in [7, 11) is 1.76. The van der Waals surface area contributed by atoms with Crippen LogP contribution in [0, 0.1) is 5.41 Å². The Hall–Kier alpha value is -2.04. The standard InChI is InChI=1S/C17H17Cl2N3O/c1-22(10-9-12-7-8-14(18)15(19)11-12)17(20)21-16(23)13-5-3-2-4-6-13/h2-8,11H,9-10H2,1H3,(H2,20,21,23). The summed E-state index contributed by atoms with van der Waals surface area (Å²) in [4.78, 5) is 13.7. The smallest absolute Gasteiger partial charge is 0.257 e. The molecule has 0 radical (unpaired) electrons. The summed E-state index contributed by atoms with van der Waals surface area (Å²) < 4.78 is 0. The molecule has 0 aliphatic carbocycles. The molecule has 0 unspecified atom stereocenters. The van der Waals surface area contributed by atoms with Crippen LogP contribution in [0.3, 0.4) is 0 Å². The molecule has 2 rings (SSSR count). The molecule has 2 aromatic carbocycles. The van der Waals surface area contributed by atoms with Gasteiger partial charge in [-0.3, -0.25) is 15.5 Å². The van der Waals surface area contributed by atoms with Gasteiger partial charge in [-0.25, -0.2) is 0 Å². The van der Waals surface area contributed by atoms with E-state index in [0.717, 1.165) is 5.56 Å². The SMILES string of the molecule is CN(CCc1ccc(Cl)c(Cl)c1)C(=N)NC(=O)c1ccccc1. The molecular formula is C17H17Cl2N3O. The van der Waals surface area contributed by atoms with E-state index in [1.165, 1.54) is 0 Å². The van der Waals surface area contributed by atoms with Gasteiger partial charge < -0.3 is 4.90 Å². The molecule has 0 aromatic heterocycles. The first-order valence-corrected chi connectivity index (χ1v) is 7.83. The van der Waals surface area contributed by atoms with Crippen LogP contribution in [-0.2, 0) is 6.42 Å². The quantitative estimate of drug-likeness (QED) is 0.650. The molecular weight excluding hydrogens is 333 g/mol. The number of amides is 1. The van der Waals surface area contributed by atoms with Crippen LogP contribution < -0.4 is 5.32 Å². The molecule has 120 valence electrons. The highest BCUT2D eigenvalue weighted by Gasteiger charge is 2.11. The normalized spacial score (nSPS) is 10.2. The molecule has 6 heteroatoms. The summed E-state index contributed by atoms with van der Waals surface area (Å²) in [6.07, 6.45) is 0.691. The van der Waals surface area contributed by atoms with Crippen LogP contribution in [0.4, 0.5) is 0 Å². The predicted molar refractivity (Wildman–Crippen MR) is 94.4 cm³/mol. The largest absolute Gasteiger partial charge is 0.346 e. The number of rotatable bonds is 4. The number of likely N-dealkylation sites (N-methyl/N-ethyl adjacent to an activating group) is 1. The Bertz CT molecular complexity index is 704. The minimum Gasteiger partial charge on any atom is -0.346 e. The topological polar surface area (TPSA) is 56.2 Å². The Morgan fingerprint density at radius 1 is 1.13 bits per heavy atom. The lowest BCUT2D eigenvalue weighted by Gasteiger charge is -2.20. The molecule has 0 aliphatic rings. The number of halogens is 2. The Morgan fingerprint density at radius 2 is 1.83 bits per heavy atom. The molecule has 0 spiro atoms. The van der Waals surface area contributed by atoms with Crippen LogP contribution in [0.25, 0.3) is 0 Å². The van der Waals surface area contributed by atoms with Crippen molar-refractivity contribution in [3.05, 3.63) is 69.7 Å². The van der Waals surface area contributed by atoms with Crippen molar-refractivity contribution in [2.45, 2.75) is 6.42 Å². The number of guanidine groups is 1. The number of carbonyl (C=O) groups excluding carboxylic acids is 1. The first kappa shape index (κ1) is 17.3. The molecule has 0 atom stereocenters. The van der Waals surface area contributed by atoms with E-state index in [-0.39, 0.29) is 11.9 Å². The highest BCUT2D eigenvalue weighted by molar-refractivity contribution is 6.42. The summed E-state index contributed by atoms with van der Waals surface area (Å²) in [6, 6.07) is 14.3.